The van der Waals surface area contributed by atoms with Crippen LogP contribution in [0.1, 0.15) is 18.4 Å². The molecule has 78 valence electrons. The maximum Gasteiger partial charge on any atom is 0.209 e. The van der Waals surface area contributed by atoms with Crippen molar-refractivity contribution in [2.24, 2.45) is 5.14 Å². The number of primary sulfonamides is 1. The van der Waals surface area contributed by atoms with E-state index in [0.29, 0.717) is 0 Å². The van der Waals surface area contributed by atoms with Crippen molar-refractivity contribution in [1.29, 1.82) is 0 Å². The van der Waals surface area contributed by atoms with Gasteiger partial charge in [-0.2, -0.15) is 0 Å². The number of rotatable bonds is 3. The quantitative estimate of drug-likeness (QED) is 0.917. The van der Waals surface area contributed by atoms with Crippen molar-refractivity contribution in [2.75, 3.05) is 5.75 Å². The van der Waals surface area contributed by atoms with E-state index in [1.165, 1.54) is 0 Å². The van der Waals surface area contributed by atoms with Crippen LogP contribution in [0.4, 0.5) is 0 Å². The maximum absolute atomic E-state index is 10.9. The minimum absolute atomic E-state index is 0.0192. The Kier molecular flexibility index (Phi) is 3.69. The lowest BCUT2D eigenvalue weighted by Crippen LogP contribution is -2.20. The monoisotopic (exact) mass is 277 g/mol. The Morgan fingerprint density at radius 2 is 1.86 bits per heavy atom. The van der Waals surface area contributed by atoms with E-state index in [-0.39, 0.29) is 11.7 Å². The zero-order chi connectivity index (χ0) is 10.8. The van der Waals surface area contributed by atoms with Crippen molar-refractivity contribution >= 4 is 26.0 Å². The second-order valence-corrected chi connectivity index (χ2v) is 5.86. The van der Waals surface area contributed by atoms with E-state index in [1.54, 1.807) is 0 Å². The number of halogens is 1. The Hall–Kier alpha value is -0.390. The summed E-state index contributed by atoms with van der Waals surface area (Å²) in [6, 6.07) is 7.55. The van der Waals surface area contributed by atoms with Gasteiger partial charge in [0.2, 0.25) is 10.0 Å². The number of hydrogen-bond donors (Lipinski definition) is 1. The summed E-state index contributed by atoms with van der Waals surface area (Å²) in [7, 11) is -3.39. The molecule has 0 aliphatic heterocycles. The first-order chi connectivity index (χ1) is 6.38. The third-order valence-electron chi connectivity index (χ3n) is 1.92. The molecule has 0 heterocycles. The van der Waals surface area contributed by atoms with Crippen LogP contribution in [0.25, 0.3) is 0 Å². The van der Waals surface area contributed by atoms with Crippen LogP contribution in [0.3, 0.4) is 0 Å². The second kappa shape index (κ2) is 4.42. The van der Waals surface area contributed by atoms with Gasteiger partial charge in [0.1, 0.15) is 0 Å². The molecule has 5 heteroatoms. The average Bonchev–Trinajstić information content (AvgIpc) is 2.02. The normalized spacial score (nSPS) is 13.9. The summed E-state index contributed by atoms with van der Waals surface area (Å²) in [5, 5.41) is 4.97. The first kappa shape index (κ1) is 11.7. The fourth-order valence-corrected chi connectivity index (χ4v) is 2.39. The van der Waals surface area contributed by atoms with Gasteiger partial charge in [-0.3, -0.25) is 0 Å². The fourth-order valence-electron chi connectivity index (χ4n) is 1.24. The number of nitrogens with two attached hydrogens (primary N) is 1. The third kappa shape index (κ3) is 3.77. The molecule has 0 aromatic heterocycles. The van der Waals surface area contributed by atoms with Gasteiger partial charge in [-0.25, -0.2) is 13.6 Å². The second-order valence-electron chi connectivity index (χ2n) is 3.28. The van der Waals surface area contributed by atoms with Crippen molar-refractivity contribution in [1.82, 2.24) is 0 Å². The highest BCUT2D eigenvalue weighted by Crippen LogP contribution is 2.19. The molecule has 0 radical (unpaired) electrons. The van der Waals surface area contributed by atoms with Gasteiger partial charge < -0.3 is 0 Å². The lowest BCUT2D eigenvalue weighted by Gasteiger charge is -2.09. The molecule has 0 aliphatic rings. The summed E-state index contributed by atoms with van der Waals surface area (Å²) in [5.74, 6) is -0.0904. The van der Waals surface area contributed by atoms with Crippen molar-refractivity contribution in [2.45, 2.75) is 12.8 Å². The molecular formula is C9H12BrNO2S. The van der Waals surface area contributed by atoms with Crippen LogP contribution in [0.15, 0.2) is 28.7 Å². The molecule has 3 nitrogen and oxygen atoms in total. The molecule has 1 aromatic rings. The molecule has 0 bridgehead atoms. The van der Waals surface area contributed by atoms with Gasteiger partial charge in [0.05, 0.1) is 5.75 Å². The van der Waals surface area contributed by atoms with E-state index in [2.05, 4.69) is 15.9 Å². The average molecular weight is 278 g/mol. The van der Waals surface area contributed by atoms with Crippen molar-refractivity contribution in [3.05, 3.63) is 34.3 Å². The standard InChI is InChI=1S/C9H12BrNO2S/c1-7(6-14(11,12)13)8-2-4-9(10)5-3-8/h2-5,7H,6H2,1H3,(H2,11,12,13). The maximum atomic E-state index is 10.9. The van der Waals surface area contributed by atoms with E-state index < -0.39 is 10.0 Å². The molecule has 0 amide bonds. The van der Waals surface area contributed by atoms with Gasteiger partial charge in [0.15, 0.2) is 0 Å². The molecule has 14 heavy (non-hydrogen) atoms. The summed E-state index contributed by atoms with van der Waals surface area (Å²) < 4.78 is 22.7. The summed E-state index contributed by atoms with van der Waals surface area (Å²) >= 11 is 3.31. The van der Waals surface area contributed by atoms with Crippen LogP contribution in [0.5, 0.6) is 0 Å². The van der Waals surface area contributed by atoms with E-state index in [4.69, 9.17) is 5.14 Å². The van der Waals surface area contributed by atoms with Crippen molar-refractivity contribution < 1.29 is 8.42 Å². The van der Waals surface area contributed by atoms with Crippen LogP contribution in [0.2, 0.25) is 0 Å². The van der Waals surface area contributed by atoms with Crippen LogP contribution in [0, 0.1) is 0 Å². The highest BCUT2D eigenvalue weighted by molar-refractivity contribution is 9.10. The number of hydrogen-bond acceptors (Lipinski definition) is 2. The molecule has 1 atom stereocenters. The summed E-state index contributed by atoms with van der Waals surface area (Å²) in [6.07, 6.45) is 0. The largest absolute Gasteiger partial charge is 0.229 e. The molecule has 0 aliphatic carbocycles. The zero-order valence-corrected chi connectivity index (χ0v) is 10.2. The van der Waals surface area contributed by atoms with Gasteiger partial charge >= 0.3 is 0 Å². The van der Waals surface area contributed by atoms with Crippen molar-refractivity contribution in [3.63, 3.8) is 0 Å². The van der Waals surface area contributed by atoms with Gasteiger partial charge in [0.25, 0.3) is 0 Å². The van der Waals surface area contributed by atoms with Crippen molar-refractivity contribution in [3.8, 4) is 0 Å². The minimum atomic E-state index is -3.39. The first-order valence-corrected chi connectivity index (χ1v) is 6.65. The first-order valence-electron chi connectivity index (χ1n) is 4.14. The SMILES string of the molecule is CC(CS(N)(=O)=O)c1ccc(Br)cc1. The molecule has 2 N–H and O–H groups in total. The lowest BCUT2D eigenvalue weighted by atomic mass is 10.0. The van der Waals surface area contributed by atoms with Gasteiger partial charge in [-0.15, -0.1) is 0 Å². The topological polar surface area (TPSA) is 60.2 Å². The fraction of sp³-hybridized carbons (Fsp3) is 0.333. The van der Waals surface area contributed by atoms with Crippen LogP contribution in [-0.2, 0) is 10.0 Å². The lowest BCUT2D eigenvalue weighted by molar-refractivity contribution is 0.592. The Bertz CT molecular complexity index is 399. The van der Waals surface area contributed by atoms with Gasteiger partial charge in [-0.1, -0.05) is 35.0 Å². The van der Waals surface area contributed by atoms with E-state index in [0.717, 1.165) is 10.0 Å². The third-order valence-corrected chi connectivity index (χ3v) is 3.41. The molecule has 0 saturated carbocycles. The predicted molar refractivity (Wildman–Crippen MR) is 60.5 cm³/mol. The van der Waals surface area contributed by atoms with Gasteiger partial charge in [-0.05, 0) is 23.6 Å². The highest BCUT2D eigenvalue weighted by atomic mass is 79.9. The van der Waals surface area contributed by atoms with Crippen LogP contribution >= 0.6 is 15.9 Å². The van der Waals surface area contributed by atoms with E-state index in [1.807, 2.05) is 31.2 Å². The Morgan fingerprint density at radius 3 is 2.29 bits per heavy atom. The van der Waals surface area contributed by atoms with Gasteiger partial charge in [0, 0.05) is 4.47 Å². The summed E-state index contributed by atoms with van der Waals surface area (Å²) in [4.78, 5) is 0. The van der Waals surface area contributed by atoms with E-state index >= 15 is 0 Å². The summed E-state index contributed by atoms with van der Waals surface area (Å²) in [5.41, 5.74) is 0.974. The number of sulfonamides is 1. The molecule has 0 spiro atoms. The highest BCUT2D eigenvalue weighted by Gasteiger charge is 2.12. The Morgan fingerprint density at radius 1 is 1.36 bits per heavy atom. The van der Waals surface area contributed by atoms with Crippen LogP contribution < -0.4 is 5.14 Å². The molecular weight excluding hydrogens is 266 g/mol. The minimum Gasteiger partial charge on any atom is -0.229 e. The molecule has 0 saturated heterocycles. The smallest absolute Gasteiger partial charge is 0.209 e. The van der Waals surface area contributed by atoms with Crippen LogP contribution in [-0.4, -0.2) is 14.2 Å². The molecule has 1 aromatic carbocycles. The Labute approximate surface area is 92.5 Å². The summed E-state index contributed by atoms with van der Waals surface area (Å²) in [6.45, 7) is 1.84. The Balaban J connectivity index is 2.80. The molecule has 1 rings (SSSR count). The van der Waals surface area contributed by atoms with E-state index in [9.17, 15) is 8.42 Å². The molecule has 1 unspecified atom stereocenters. The zero-order valence-electron chi connectivity index (χ0n) is 7.77. The number of benzene rings is 1. The predicted octanol–water partition coefficient (Wildman–Crippen LogP) is 1.84. The molecule has 0 fully saturated rings.